The van der Waals surface area contributed by atoms with Crippen molar-refractivity contribution in [3.8, 4) is 5.75 Å². The standard InChI is InChI=1S/C21H24N2O3/c1-23(2)21(25)18-10-7-16(8-11-18)9-12-20(24)22-14-13-17-5-4-6-19(15-17)26-3/h4-12,15H,13-14H2,1-3H3,(H,22,24)/b12-9+. The van der Waals surface area contributed by atoms with E-state index in [4.69, 9.17) is 4.74 Å². The minimum atomic E-state index is -0.152. The molecule has 0 bridgehead atoms. The van der Waals surface area contributed by atoms with E-state index >= 15 is 0 Å². The first-order valence-electron chi connectivity index (χ1n) is 8.40. The molecule has 2 aromatic rings. The summed E-state index contributed by atoms with van der Waals surface area (Å²) in [5.74, 6) is 0.613. The van der Waals surface area contributed by atoms with E-state index in [-0.39, 0.29) is 11.8 Å². The van der Waals surface area contributed by atoms with E-state index in [0.717, 1.165) is 23.3 Å². The number of hydrogen-bond acceptors (Lipinski definition) is 3. The molecule has 0 fully saturated rings. The molecule has 26 heavy (non-hydrogen) atoms. The second-order valence-corrected chi connectivity index (χ2v) is 6.05. The van der Waals surface area contributed by atoms with Gasteiger partial charge in [0.25, 0.3) is 5.91 Å². The molecule has 0 atom stereocenters. The summed E-state index contributed by atoms with van der Waals surface area (Å²) >= 11 is 0. The number of benzene rings is 2. The van der Waals surface area contributed by atoms with Gasteiger partial charge in [0.05, 0.1) is 7.11 Å². The zero-order chi connectivity index (χ0) is 18.9. The third-order valence-corrected chi connectivity index (χ3v) is 3.84. The van der Waals surface area contributed by atoms with E-state index in [2.05, 4.69) is 5.32 Å². The smallest absolute Gasteiger partial charge is 0.253 e. The molecule has 5 nitrogen and oxygen atoms in total. The van der Waals surface area contributed by atoms with Gasteiger partial charge in [-0.25, -0.2) is 0 Å². The summed E-state index contributed by atoms with van der Waals surface area (Å²) in [6.45, 7) is 0.548. The van der Waals surface area contributed by atoms with Gasteiger partial charge >= 0.3 is 0 Å². The lowest BCUT2D eigenvalue weighted by Gasteiger charge is -2.09. The quantitative estimate of drug-likeness (QED) is 0.780. The fourth-order valence-electron chi connectivity index (χ4n) is 2.38. The molecule has 0 saturated heterocycles. The van der Waals surface area contributed by atoms with E-state index in [0.29, 0.717) is 12.1 Å². The number of carbonyl (C=O) groups excluding carboxylic acids is 2. The lowest BCUT2D eigenvalue weighted by Crippen LogP contribution is -2.23. The summed E-state index contributed by atoms with van der Waals surface area (Å²) in [4.78, 5) is 25.3. The summed E-state index contributed by atoms with van der Waals surface area (Å²) in [6.07, 6.45) is 3.96. The van der Waals surface area contributed by atoms with Gasteiger partial charge in [0.1, 0.15) is 5.75 Å². The van der Waals surface area contributed by atoms with Gasteiger partial charge in [-0.1, -0.05) is 24.3 Å². The van der Waals surface area contributed by atoms with Gasteiger partial charge in [-0.3, -0.25) is 9.59 Å². The lowest BCUT2D eigenvalue weighted by molar-refractivity contribution is -0.116. The molecule has 0 aromatic heterocycles. The highest BCUT2D eigenvalue weighted by atomic mass is 16.5. The van der Waals surface area contributed by atoms with Crippen LogP contribution in [0.4, 0.5) is 0 Å². The van der Waals surface area contributed by atoms with Gasteiger partial charge in [-0.2, -0.15) is 0 Å². The topological polar surface area (TPSA) is 58.6 Å². The van der Waals surface area contributed by atoms with Crippen LogP contribution in [0.2, 0.25) is 0 Å². The Labute approximate surface area is 154 Å². The van der Waals surface area contributed by atoms with Gasteiger partial charge in [-0.05, 0) is 47.9 Å². The molecule has 2 rings (SSSR count). The van der Waals surface area contributed by atoms with E-state index in [1.54, 1.807) is 39.4 Å². The molecular formula is C21H24N2O3. The van der Waals surface area contributed by atoms with Crippen LogP contribution in [0.5, 0.6) is 5.75 Å². The molecule has 2 amide bonds. The van der Waals surface area contributed by atoms with Crippen molar-refractivity contribution < 1.29 is 14.3 Å². The molecule has 0 unspecified atom stereocenters. The van der Waals surface area contributed by atoms with Crippen molar-refractivity contribution in [2.24, 2.45) is 0 Å². The van der Waals surface area contributed by atoms with Crippen LogP contribution in [0.15, 0.2) is 54.6 Å². The Hall–Kier alpha value is -3.08. The molecular weight excluding hydrogens is 328 g/mol. The van der Waals surface area contributed by atoms with Gasteiger partial charge in [-0.15, -0.1) is 0 Å². The minimum absolute atomic E-state index is 0.0455. The van der Waals surface area contributed by atoms with Crippen LogP contribution in [0.3, 0.4) is 0 Å². The summed E-state index contributed by atoms with van der Waals surface area (Å²) in [5.41, 5.74) is 2.59. The van der Waals surface area contributed by atoms with Crippen LogP contribution in [0.25, 0.3) is 6.08 Å². The van der Waals surface area contributed by atoms with Crippen LogP contribution in [-0.2, 0) is 11.2 Å². The average Bonchev–Trinajstić information content (AvgIpc) is 2.66. The van der Waals surface area contributed by atoms with E-state index in [9.17, 15) is 9.59 Å². The Bertz CT molecular complexity index is 780. The second kappa shape index (κ2) is 9.42. The number of nitrogens with zero attached hydrogens (tertiary/aromatic N) is 1. The Kier molecular flexibility index (Phi) is 6.97. The highest BCUT2D eigenvalue weighted by Gasteiger charge is 2.06. The third kappa shape index (κ3) is 5.77. The van der Waals surface area contributed by atoms with E-state index < -0.39 is 0 Å². The van der Waals surface area contributed by atoms with E-state index in [1.165, 1.54) is 11.0 Å². The largest absolute Gasteiger partial charge is 0.497 e. The summed E-state index contributed by atoms with van der Waals surface area (Å²) in [5, 5.41) is 2.86. The molecule has 0 aliphatic heterocycles. The van der Waals surface area contributed by atoms with Crippen LogP contribution >= 0.6 is 0 Å². The van der Waals surface area contributed by atoms with Crippen molar-refractivity contribution in [1.29, 1.82) is 0 Å². The molecule has 0 heterocycles. The molecule has 0 spiro atoms. The molecule has 0 aliphatic carbocycles. The fraction of sp³-hybridized carbons (Fsp3) is 0.238. The van der Waals surface area contributed by atoms with E-state index in [1.807, 2.05) is 36.4 Å². The summed E-state index contributed by atoms with van der Waals surface area (Å²) in [7, 11) is 5.06. The number of amides is 2. The fourth-order valence-corrected chi connectivity index (χ4v) is 2.38. The molecule has 1 N–H and O–H groups in total. The third-order valence-electron chi connectivity index (χ3n) is 3.84. The van der Waals surface area contributed by atoms with Crippen LogP contribution < -0.4 is 10.1 Å². The number of carbonyl (C=O) groups is 2. The average molecular weight is 352 g/mol. The zero-order valence-corrected chi connectivity index (χ0v) is 15.4. The van der Waals surface area contributed by atoms with Crippen LogP contribution in [0.1, 0.15) is 21.5 Å². The molecule has 0 aliphatic rings. The lowest BCUT2D eigenvalue weighted by atomic mass is 10.1. The molecule has 2 aromatic carbocycles. The monoisotopic (exact) mass is 352 g/mol. The van der Waals surface area contributed by atoms with Crippen molar-refractivity contribution in [2.75, 3.05) is 27.7 Å². The van der Waals surface area contributed by atoms with Crippen LogP contribution in [-0.4, -0.2) is 44.5 Å². The summed E-state index contributed by atoms with van der Waals surface area (Å²) in [6, 6.07) is 14.9. The normalized spacial score (nSPS) is 10.6. The number of hydrogen-bond donors (Lipinski definition) is 1. The van der Waals surface area contributed by atoms with Gasteiger partial charge in [0.2, 0.25) is 5.91 Å². The Morgan fingerprint density at radius 3 is 2.50 bits per heavy atom. The highest BCUT2D eigenvalue weighted by Crippen LogP contribution is 2.12. The van der Waals surface area contributed by atoms with Gasteiger partial charge in [0.15, 0.2) is 0 Å². The molecule has 0 radical (unpaired) electrons. The molecule has 136 valence electrons. The number of nitrogens with one attached hydrogen (secondary N) is 1. The first-order chi connectivity index (χ1) is 12.5. The van der Waals surface area contributed by atoms with Crippen molar-refractivity contribution >= 4 is 17.9 Å². The summed E-state index contributed by atoms with van der Waals surface area (Å²) < 4.78 is 5.18. The first kappa shape index (κ1) is 19.2. The zero-order valence-electron chi connectivity index (χ0n) is 15.4. The Balaban J connectivity index is 1.82. The SMILES string of the molecule is COc1cccc(CCNC(=O)/C=C/c2ccc(C(=O)N(C)C)cc2)c1. The van der Waals surface area contributed by atoms with Crippen molar-refractivity contribution in [1.82, 2.24) is 10.2 Å². The van der Waals surface area contributed by atoms with Crippen molar-refractivity contribution in [2.45, 2.75) is 6.42 Å². The molecule has 0 saturated carbocycles. The maximum absolute atomic E-state index is 11.9. The maximum Gasteiger partial charge on any atom is 0.253 e. The second-order valence-electron chi connectivity index (χ2n) is 6.05. The van der Waals surface area contributed by atoms with Gasteiger partial charge < -0.3 is 15.0 Å². The molecule has 5 heteroatoms. The number of rotatable bonds is 7. The van der Waals surface area contributed by atoms with Crippen LogP contribution in [0, 0.1) is 0 Å². The predicted molar refractivity (Wildman–Crippen MR) is 103 cm³/mol. The van der Waals surface area contributed by atoms with Gasteiger partial charge in [0, 0.05) is 32.3 Å². The Morgan fingerprint density at radius 1 is 1.12 bits per heavy atom. The predicted octanol–water partition coefficient (Wildman–Crippen LogP) is 2.77. The minimum Gasteiger partial charge on any atom is -0.497 e. The highest BCUT2D eigenvalue weighted by molar-refractivity contribution is 5.94. The Morgan fingerprint density at radius 2 is 1.85 bits per heavy atom. The van der Waals surface area contributed by atoms with Crippen molar-refractivity contribution in [3.63, 3.8) is 0 Å². The maximum atomic E-state index is 11.9. The number of methoxy groups -OCH3 is 1. The number of ether oxygens (including phenoxy) is 1. The van der Waals surface area contributed by atoms with Crippen molar-refractivity contribution in [3.05, 3.63) is 71.3 Å². The first-order valence-corrected chi connectivity index (χ1v) is 8.40.